The summed E-state index contributed by atoms with van der Waals surface area (Å²) in [5.41, 5.74) is 0.634. The van der Waals surface area contributed by atoms with Crippen molar-refractivity contribution in [1.82, 2.24) is 10.2 Å². The Morgan fingerprint density at radius 2 is 1.86 bits per heavy atom. The molecule has 2 N–H and O–H groups in total. The Morgan fingerprint density at radius 3 is 2.51 bits per heavy atom. The third-order valence-corrected chi connectivity index (χ3v) is 5.61. The molecule has 1 amide bonds. The molecule has 2 aromatic carbocycles. The lowest BCUT2D eigenvalue weighted by Gasteiger charge is -2.20. The van der Waals surface area contributed by atoms with Crippen LogP contribution in [0, 0.1) is 0 Å². The molecule has 0 aliphatic heterocycles. The Kier molecular flexibility index (Phi) is 12.1. The van der Waals surface area contributed by atoms with Crippen molar-refractivity contribution in [3.8, 4) is 11.5 Å². The van der Waals surface area contributed by atoms with Crippen molar-refractivity contribution in [1.29, 1.82) is 0 Å². The van der Waals surface area contributed by atoms with Gasteiger partial charge in [0.1, 0.15) is 24.4 Å². The van der Waals surface area contributed by atoms with E-state index in [0.29, 0.717) is 6.61 Å². The van der Waals surface area contributed by atoms with Gasteiger partial charge < -0.3 is 24.6 Å². The molecular formula is C25H32Cl2N2O6. The zero-order valence-electron chi connectivity index (χ0n) is 20.2. The number of carbonyl (C=O) groups excluding carboxylic acids is 2. The van der Waals surface area contributed by atoms with Gasteiger partial charge in [-0.25, -0.2) is 4.79 Å². The predicted molar refractivity (Wildman–Crippen MR) is 135 cm³/mol. The summed E-state index contributed by atoms with van der Waals surface area (Å²) in [5, 5.41) is 13.1. The second-order valence-electron chi connectivity index (χ2n) is 7.83. The number of carbonyl (C=O) groups is 2. The van der Waals surface area contributed by atoms with Crippen molar-refractivity contribution in [2.24, 2.45) is 0 Å². The maximum absolute atomic E-state index is 13.0. The van der Waals surface area contributed by atoms with E-state index in [2.05, 4.69) is 5.32 Å². The highest BCUT2D eigenvalue weighted by Crippen LogP contribution is 2.42. The van der Waals surface area contributed by atoms with Gasteiger partial charge in [-0.15, -0.1) is 0 Å². The molecule has 1 atom stereocenters. The number of ether oxygens (including phenoxy) is 3. The third kappa shape index (κ3) is 8.89. The summed E-state index contributed by atoms with van der Waals surface area (Å²) in [6.45, 7) is 5.66. The molecule has 0 aromatic heterocycles. The first-order valence-electron chi connectivity index (χ1n) is 11.4. The van der Waals surface area contributed by atoms with Gasteiger partial charge in [0.2, 0.25) is 0 Å². The van der Waals surface area contributed by atoms with E-state index in [1.165, 1.54) is 6.07 Å². The van der Waals surface area contributed by atoms with Crippen LogP contribution in [0.15, 0.2) is 36.4 Å². The monoisotopic (exact) mass is 526 g/mol. The molecule has 2 aromatic rings. The second-order valence-corrected chi connectivity index (χ2v) is 8.62. The summed E-state index contributed by atoms with van der Waals surface area (Å²) in [6, 6.07) is 9.42. The molecule has 8 nitrogen and oxygen atoms in total. The van der Waals surface area contributed by atoms with Gasteiger partial charge >= 0.3 is 5.97 Å². The lowest BCUT2D eigenvalue weighted by molar-refractivity contribution is -0.147. The first-order valence-corrected chi connectivity index (χ1v) is 12.1. The molecule has 10 heteroatoms. The number of hydrogen-bond donors (Lipinski definition) is 2. The molecule has 0 saturated carbocycles. The number of benzene rings is 2. The van der Waals surface area contributed by atoms with Gasteiger partial charge in [0.05, 0.1) is 17.2 Å². The number of halogens is 2. The topological polar surface area (TPSA) is 97.3 Å². The summed E-state index contributed by atoms with van der Waals surface area (Å²) in [4.78, 5) is 27.7. The zero-order chi connectivity index (χ0) is 25.8. The Balaban J connectivity index is 2.20. The fourth-order valence-electron chi connectivity index (χ4n) is 3.24. The summed E-state index contributed by atoms with van der Waals surface area (Å²) in [5.74, 6) is -1.78. The van der Waals surface area contributed by atoms with Crippen LogP contribution < -0.4 is 10.1 Å². The van der Waals surface area contributed by atoms with E-state index in [-0.39, 0.29) is 47.7 Å². The molecule has 0 saturated heterocycles. The quantitative estimate of drug-likeness (QED) is 0.215. The minimum atomic E-state index is -1.01. The van der Waals surface area contributed by atoms with Crippen LogP contribution in [0.1, 0.15) is 36.2 Å². The minimum Gasteiger partial charge on any atom is -0.505 e. The molecule has 0 aliphatic carbocycles. The van der Waals surface area contributed by atoms with Crippen LogP contribution in [0.4, 0.5) is 0 Å². The normalized spacial score (nSPS) is 11.8. The zero-order valence-corrected chi connectivity index (χ0v) is 21.7. The van der Waals surface area contributed by atoms with Gasteiger partial charge in [0.15, 0.2) is 11.5 Å². The van der Waals surface area contributed by atoms with Gasteiger partial charge in [0, 0.05) is 19.6 Å². The lowest BCUT2D eigenvalue weighted by Crippen LogP contribution is -2.43. The summed E-state index contributed by atoms with van der Waals surface area (Å²) < 4.78 is 16.1. The standard InChI is InChI=1S/C25H32Cl2N2O6/c1-4-11-29(3)16-35-23-19(26)15-18(22(30)21(23)27)24(31)28-20(14-17-9-7-6-8-10-17)25(32)34-13-12-33-5-2/h6-10,15,20,30H,4-5,11-14,16H2,1-3H3,(H,28,31)/t20-/m0/s1. The summed E-state index contributed by atoms with van der Waals surface area (Å²) >= 11 is 12.6. The van der Waals surface area contributed by atoms with Crippen molar-refractivity contribution in [2.45, 2.75) is 32.7 Å². The van der Waals surface area contributed by atoms with E-state index in [1.807, 2.05) is 56.1 Å². The maximum Gasteiger partial charge on any atom is 0.329 e. The van der Waals surface area contributed by atoms with Crippen molar-refractivity contribution in [3.63, 3.8) is 0 Å². The van der Waals surface area contributed by atoms with E-state index in [4.69, 9.17) is 37.4 Å². The molecule has 2 rings (SSSR count). The summed E-state index contributed by atoms with van der Waals surface area (Å²) in [6.07, 6.45) is 1.12. The van der Waals surface area contributed by atoms with Gasteiger partial charge in [-0.1, -0.05) is 60.5 Å². The average Bonchev–Trinajstić information content (AvgIpc) is 2.84. The van der Waals surface area contributed by atoms with E-state index >= 15 is 0 Å². The van der Waals surface area contributed by atoms with E-state index in [1.54, 1.807) is 0 Å². The Hall–Kier alpha value is -2.52. The number of esters is 1. The second kappa shape index (κ2) is 14.8. The molecule has 0 spiro atoms. The number of nitrogens with one attached hydrogen (secondary N) is 1. The highest BCUT2D eigenvalue weighted by atomic mass is 35.5. The molecule has 0 aliphatic rings. The largest absolute Gasteiger partial charge is 0.505 e. The highest BCUT2D eigenvalue weighted by molar-refractivity contribution is 6.39. The first-order chi connectivity index (χ1) is 16.8. The van der Waals surface area contributed by atoms with Crippen LogP contribution in [-0.4, -0.2) is 68.1 Å². The van der Waals surface area contributed by atoms with Gasteiger partial charge in [0.25, 0.3) is 5.91 Å². The molecule has 0 heterocycles. The smallest absolute Gasteiger partial charge is 0.329 e. The SMILES string of the molecule is CCCN(C)COc1c(Cl)cc(C(=O)N[C@@H](Cc2ccccc2)C(=O)OCCOCC)c(O)c1Cl. The van der Waals surface area contributed by atoms with Crippen molar-refractivity contribution in [2.75, 3.05) is 40.1 Å². The molecule has 0 unspecified atom stereocenters. The lowest BCUT2D eigenvalue weighted by atomic mass is 10.1. The van der Waals surface area contributed by atoms with Crippen LogP contribution in [0.3, 0.4) is 0 Å². The molecule has 0 fully saturated rings. The number of amides is 1. The van der Waals surface area contributed by atoms with E-state index in [9.17, 15) is 14.7 Å². The summed E-state index contributed by atoms with van der Waals surface area (Å²) in [7, 11) is 1.87. The van der Waals surface area contributed by atoms with Gasteiger partial charge in [-0.2, -0.15) is 0 Å². The molecule has 0 bridgehead atoms. The van der Waals surface area contributed by atoms with Crippen LogP contribution in [0.5, 0.6) is 11.5 Å². The fourth-order valence-corrected chi connectivity index (χ4v) is 3.81. The highest BCUT2D eigenvalue weighted by Gasteiger charge is 2.27. The maximum atomic E-state index is 13.0. The third-order valence-electron chi connectivity index (χ3n) is 4.98. The molecular weight excluding hydrogens is 495 g/mol. The van der Waals surface area contributed by atoms with Crippen LogP contribution in [0.2, 0.25) is 10.0 Å². The van der Waals surface area contributed by atoms with Crippen LogP contribution in [-0.2, 0) is 20.7 Å². The minimum absolute atomic E-state index is 0.0508. The Morgan fingerprint density at radius 1 is 1.14 bits per heavy atom. The van der Waals surface area contributed by atoms with Gasteiger partial charge in [-0.3, -0.25) is 9.69 Å². The number of hydrogen-bond acceptors (Lipinski definition) is 7. The predicted octanol–water partition coefficient (Wildman–Crippen LogP) is 4.30. The van der Waals surface area contributed by atoms with Crippen LogP contribution >= 0.6 is 23.2 Å². The number of nitrogens with zero attached hydrogens (tertiary/aromatic N) is 1. The fraction of sp³-hybridized carbons (Fsp3) is 0.440. The number of phenolic OH excluding ortho intramolecular Hbond substituents is 1. The van der Waals surface area contributed by atoms with Crippen molar-refractivity contribution in [3.05, 3.63) is 57.6 Å². The number of phenols is 1. The van der Waals surface area contributed by atoms with Gasteiger partial charge in [-0.05, 0) is 32.0 Å². The Labute approximate surface area is 216 Å². The number of aromatic hydroxyl groups is 1. The van der Waals surface area contributed by atoms with E-state index in [0.717, 1.165) is 18.5 Å². The average molecular weight is 527 g/mol. The molecule has 192 valence electrons. The van der Waals surface area contributed by atoms with Crippen LogP contribution in [0.25, 0.3) is 0 Å². The molecule has 0 radical (unpaired) electrons. The van der Waals surface area contributed by atoms with Crippen molar-refractivity contribution >= 4 is 35.1 Å². The van der Waals surface area contributed by atoms with Crippen molar-refractivity contribution < 1.29 is 28.9 Å². The first kappa shape index (κ1) is 28.7. The molecule has 35 heavy (non-hydrogen) atoms. The Bertz CT molecular complexity index is 974. The van der Waals surface area contributed by atoms with E-state index < -0.39 is 23.7 Å². The number of rotatable bonds is 14.